The van der Waals surface area contributed by atoms with Gasteiger partial charge in [-0.1, -0.05) is 296 Å². The summed E-state index contributed by atoms with van der Waals surface area (Å²) in [4.78, 5) is 35.1. The van der Waals surface area contributed by atoms with Gasteiger partial charge < -0.3 is 20.1 Å². The van der Waals surface area contributed by atoms with E-state index in [9.17, 15) is 19.0 Å². The first kappa shape index (κ1) is 66.0. The minimum absolute atomic E-state index is 0.0585. The van der Waals surface area contributed by atoms with Gasteiger partial charge in [-0.05, 0) is 12.8 Å². The Balaban J connectivity index is 3.82. The first-order valence-electron chi connectivity index (χ1n) is 29.5. The van der Waals surface area contributed by atoms with E-state index in [0.717, 1.165) is 32.1 Å². The second-order valence-electron chi connectivity index (χ2n) is 20.2. The average Bonchev–Trinajstić information content (AvgIpc) is 3.32. The van der Waals surface area contributed by atoms with Gasteiger partial charge in [-0.15, -0.1) is 0 Å². The molecular formula is C57H114NO8P. The fourth-order valence-corrected chi connectivity index (χ4v) is 9.88. The molecule has 0 aliphatic rings. The SMILES string of the molecule is CCCCCCCCCCCCCCCCCCCCCCCCCCCCCCCCCC(=O)OC(COC(=O)CCCCCCCCCCCCCCCCC)COP(=O)(O)OCCN. The maximum Gasteiger partial charge on any atom is 0.472 e. The zero-order valence-corrected chi connectivity index (χ0v) is 45.6. The lowest BCUT2D eigenvalue weighted by Gasteiger charge is -2.19. The molecule has 9 nitrogen and oxygen atoms in total. The molecule has 2 unspecified atom stereocenters. The van der Waals surface area contributed by atoms with E-state index in [2.05, 4.69) is 13.8 Å². The molecule has 67 heavy (non-hydrogen) atoms. The summed E-state index contributed by atoms with van der Waals surface area (Å²) >= 11 is 0. The lowest BCUT2D eigenvalue weighted by molar-refractivity contribution is -0.161. The monoisotopic (exact) mass is 972 g/mol. The van der Waals surface area contributed by atoms with E-state index in [4.69, 9.17) is 24.3 Å². The summed E-state index contributed by atoms with van der Waals surface area (Å²) in [5.41, 5.74) is 5.38. The minimum Gasteiger partial charge on any atom is -0.462 e. The Hall–Kier alpha value is -0.990. The van der Waals surface area contributed by atoms with Crippen molar-refractivity contribution in [3.63, 3.8) is 0 Å². The van der Waals surface area contributed by atoms with Crippen LogP contribution in [-0.2, 0) is 32.7 Å². The minimum atomic E-state index is -4.38. The predicted molar refractivity (Wildman–Crippen MR) is 285 cm³/mol. The topological polar surface area (TPSA) is 134 Å². The molecule has 0 aromatic carbocycles. The molecule has 0 rings (SSSR count). The van der Waals surface area contributed by atoms with Gasteiger partial charge in [0.1, 0.15) is 6.61 Å². The third-order valence-electron chi connectivity index (χ3n) is 13.5. The molecule has 0 aromatic heterocycles. The Morgan fingerprint density at radius 2 is 0.642 bits per heavy atom. The molecule has 0 radical (unpaired) electrons. The molecular weight excluding hydrogens is 858 g/mol. The Bertz CT molecular complexity index is 1060. The van der Waals surface area contributed by atoms with Crippen LogP contribution >= 0.6 is 7.82 Å². The van der Waals surface area contributed by atoms with E-state index in [1.807, 2.05) is 0 Å². The van der Waals surface area contributed by atoms with Crippen LogP contribution in [0.4, 0.5) is 0 Å². The maximum absolute atomic E-state index is 12.7. The molecule has 0 saturated heterocycles. The second kappa shape index (κ2) is 54.3. The van der Waals surface area contributed by atoms with Gasteiger partial charge in [0.05, 0.1) is 13.2 Å². The number of carbonyl (C=O) groups excluding carboxylic acids is 2. The van der Waals surface area contributed by atoms with Gasteiger partial charge in [-0.25, -0.2) is 4.57 Å². The second-order valence-corrected chi connectivity index (χ2v) is 21.7. The van der Waals surface area contributed by atoms with Crippen molar-refractivity contribution in [1.82, 2.24) is 0 Å². The van der Waals surface area contributed by atoms with Crippen LogP contribution in [0.25, 0.3) is 0 Å². The van der Waals surface area contributed by atoms with Crippen LogP contribution in [0.15, 0.2) is 0 Å². The normalized spacial score (nSPS) is 13.0. The number of hydrogen-bond acceptors (Lipinski definition) is 8. The Morgan fingerprint density at radius 1 is 0.388 bits per heavy atom. The van der Waals surface area contributed by atoms with Crippen LogP contribution in [0.2, 0.25) is 0 Å². The Morgan fingerprint density at radius 3 is 0.910 bits per heavy atom. The summed E-state index contributed by atoms with van der Waals surface area (Å²) < 4.78 is 33.0. The summed E-state index contributed by atoms with van der Waals surface area (Å²) in [6.07, 6.45) is 60.3. The predicted octanol–water partition coefficient (Wildman–Crippen LogP) is 18.3. The van der Waals surface area contributed by atoms with Crippen LogP contribution in [0.3, 0.4) is 0 Å². The van der Waals surface area contributed by atoms with Crippen molar-refractivity contribution in [1.29, 1.82) is 0 Å². The number of phosphoric ester groups is 1. The highest BCUT2D eigenvalue weighted by molar-refractivity contribution is 7.47. The molecule has 0 heterocycles. The number of ether oxygens (including phenoxy) is 2. The van der Waals surface area contributed by atoms with Crippen molar-refractivity contribution in [2.75, 3.05) is 26.4 Å². The molecule has 10 heteroatoms. The molecule has 0 aliphatic heterocycles. The van der Waals surface area contributed by atoms with Gasteiger partial charge in [-0.2, -0.15) is 0 Å². The number of nitrogens with two attached hydrogens (primary N) is 1. The van der Waals surface area contributed by atoms with Gasteiger partial charge in [0.15, 0.2) is 6.10 Å². The zero-order chi connectivity index (χ0) is 48.8. The third kappa shape index (κ3) is 54.2. The molecule has 0 aromatic rings. The summed E-state index contributed by atoms with van der Waals surface area (Å²) in [6, 6.07) is 0. The number of phosphoric acid groups is 1. The van der Waals surface area contributed by atoms with E-state index < -0.39 is 26.5 Å². The van der Waals surface area contributed by atoms with Crippen molar-refractivity contribution in [2.45, 2.75) is 328 Å². The van der Waals surface area contributed by atoms with Crippen molar-refractivity contribution >= 4 is 19.8 Å². The Labute approximate surface area is 416 Å². The van der Waals surface area contributed by atoms with Gasteiger partial charge >= 0.3 is 19.8 Å². The molecule has 0 fully saturated rings. The number of hydrogen-bond donors (Lipinski definition) is 2. The highest BCUT2D eigenvalue weighted by Gasteiger charge is 2.26. The lowest BCUT2D eigenvalue weighted by atomic mass is 10.0. The van der Waals surface area contributed by atoms with Gasteiger partial charge in [0.2, 0.25) is 0 Å². The van der Waals surface area contributed by atoms with Crippen molar-refractivity contribution < 1.29 is 37.6 Å². The molecule has 0 amide bonds. The Kier molecular flexibility index (Phi) is 53.5. The average molecular weight is 973 g/mol. The maximum atomic E-state index is 12.7. The third-order valence-corrected chi connectivity index (χ3v) is 14.5. The number of rotatable bonds is 57. The quantitative estimate of drug-likeness (QED) is 0.0347. The van der Waals surface area contributed by atoms with E-state index in [0.29, 0.717) is 6.42 Å². The summed E-state index contributed by atoms with van der Waals surface area (Å²) in [5, 5.41) is 0. The van der Waals surface area contributed by atoms with Crippen LogP contribution < -0.4 is 5.73 Å². The van der Waals surface area contributed by atoms with Gasteiger partial charge in [-0.3, -0.25) is 18.6 Å². The summed E-state index contributed by atoms with van der Waals surface area (Å²) in [6.45, 7) is 3.81. The van der Waals surface area contributed by atoms with E-state index in [1.165, 1.54) is 257 Å². The molecule has 0 saturated carbocycles. The van der Waals surface area contributed by atoms with Crippen LogP contribution in [-0.4, -0.2) is 49.3 Å². The zero-order valence-electron chi connectivity index (χ0n) is 44.7. The fraction of sp³-hybridized carbons (Fsp3) is 0.965. The van der Waals surface area contributed by atoms with Gasteiger partial charge in [0.25, 0.3) is 0 Å². The molecule has 400 valence electrons. The number of esters is 2. The van der Waals surface area contributed by atoms with Crippen LogP contribution in [0.5, 0.6) is 0 Å². The molecule has 0 aliphatic carbocycles. The fourth-order valence-electron chi connectivity index (χ4n) is 9.11. The molecule has 0 bridgehead atoms. The van der Waals surface area contributed by atoms with Crippen LogP contribution in [0, 0.1) is 0 Å². The highest BCUT2D eigenvalue weighted by Crippen LogP contribution is 2.43. The van der Waals surface area contributed by atoms with Crippen LogP contribution in [0.1, 0.15) is 322 Å². The van der Waals surface area contributed by atoms with E-state index in [-0.39, 0.29) is 38.6 Å². The van der Waals surface area contributed by atoms with Crippen molar-refractivity contribution in [3.05, 3.63) is 0 Å². The lowest BCUT2D eigenvalue weighted by Crippen LogP contribution is -2.29. The molecule has 3 N–H and O–H groups in total. The molecule has 2 atom stereocenters. The smallest absolute Gasteiger partial charge is 0.462 e. The first-order chi connectivity index (χ1) is 32.8. The summed E-state index contributed by atoms with van der Waals surface area (Å²) in [7, 11) is -4.38. The van der Waals surface area contributed by atoms with E-state index >= 15 is 0 Å². The van der Waals surface area contributed by atoms with E-state index in [1.54, 1.807) is 0 Å². The van der Waals surface area contributed by atoms with Crippen molar-refractivity contribution in [3.8, 4) is 0 Å². The molecule has 0 spiro atoms. The largest absolute Gasteiger partial charge is 0.472 e. The number of carbonyl (C=O) groups is 2. The highest BCUT2D eigenvalue weighted by atomic mass is 31.2. The standard InChI is InChI=1S/C57H114NO8P/c1-3-5-7-9-11-13-15-17-19-20-21-22-23-24-25-26-27-28-29-30-31-32-33-34-36-38-40-42-44-46-48-50-57(60)66-55(54-65-67(61,62)64-52-51-58)53-63-56(59)49-47-45-43-41-39-37-35-18-16-14-12-10-8-6-4-2/h55H,3-54,58H2,1-2H3,(H,61,62). The van der Waals surface area contributed by atoms with Crippen molar-refractivity contribution in [2.24, 2.45) is 5.73 Å². The first-order valence-corrected chi connectivity index (χ1v) is 31.0. The number of unbranched alkanes of at least 4 members (excludes halogenated alkanes) is 44. The van der Waals surface area contributed by atoms with Gasteiger partial charge in [0, 0.05) is 19.4 Å². The summed E-state index contributed by atoms with van der Waals surface area (Å²) in [5.74, 6) is -0.804.